The summed E-state index contributed by atoms with van der Waals surface area (Å²) in [5, 5.41) is 0. The Morgan fingerprint density at radius 2 is 1.52 bits per heavy atom. The van der Waals surface area contributed by atoms with E-state index in [0.717, 1.165) is 30.8 Å². The van der Waals surface area contributed by atoms with Crippen LogP contribution in [0.4, 0.5) is 10.1 Å². The molecule has 0 N–H and O–H groups in total. The Morgan fingerprint density at radius 3 is 2.14 bits per heavy atom. The third-order valence-electron chi connectivity index (χ3n) is 5.45. The monoisotopic (exact) mass is 416 g/mol. The number of hydrogen-bond acceptors (Lipinski definition) is 5. The Labute approximate surface area is 171 Å². The first-order valence-electron chi connectivity index (χ1n) is 9.90. The van der Waals surface area contributed by atoms with Crippen LogP contribution in [-0.4, -0.2) is 62.9 Å². The molecule has 0 aliphatic carbocycles. The van der Waals surface area contributed by atoms with Gasteiger partial charge in [-0.05, 0) is 48.4 Å². The van der Waals surface area contributed by atoms with Gasteiger partial charge in [-0.1, -0.05) is 19.1 Å². The SMILES string of the molecule is CCc1ccc(S(=O)(=O)N2CCN=C2N2CCN(c3ccc(F)cc3)CC2)cc1. The highest BCUT2D eigenvalue weighted by atomic mass is 32.2. The molecule has 0 unspecified atom stereocenters. The first-order valence-corrected chi connectivity index (χ1v) is 11.3. The lowest BCUT2D eigenvalue weighted by Gasteiger charge is -2.38. The summed E-state index contributed by atoms with van der Waals surface area (Å²) in [5.41, 5.74) is 2.08. The van der Waals surface area contributed by atoms with Gasteiger partial charge in [0, 0.05) is 31.9 Å². The number of sulfonamides is 1. The molecule has 0 atom stereocenters. The maximum Gasteiger partial charge on any atom is 0.266 e. The molecule has 2 aliphatic heterocycles. The molecule has 6 nitrogen and oxygen atoms in total. The molecule has 1 saturated heterocycles. The van der Waals surface area contributed by atoms with Gasteiger partial charge in [-0.2, -0.15) is 0 Å². The van der Waals surface area contributed by atoms with Gasteiger partial charge in [0.2, 0.25) is 5.96 Å². The summed E-state index contributed by atoms with van der Waals surface area (Å²) in [4.78, 5) is 9.00. The van der Waals surface area contributed by atoms with Crippen LogP contribution in [0.1, 0.15) is 12.5 Å². The molecule has 4 rings (SSSR count). The third-order valence-corrected chi connectivity index (χ3v) is 7.25. The van der Waals surface area contributed by atoms with E-state index in [1.165, 1.54) is 16.4 Å². The topological polar surface area (TPSA) is 56.2 Å². The molecule has 8 heteroatoms. The summed E-state index contributed by atoms with van der Waals surface area (Å²) in [6.45, 7) is 5.66. The zero-order valence-electron chi connectivity index (χ0n) is 16.5. The van der Waals surface area contributed by atoms with Crippen LogP contribution < -0.4 is 4.90 Å². The van der Waals surface area contributed by atoms with Crippen LogP contribution in [0, 0.1) is 5.82 Å². The van der Waals surface area contributed by atoms with E-state index in [-0.39, 0.29) is 5.82 Å². The highest BCUT2D eigenvalue weighted by Gasteiger charge is 2.34. The fourth-order valence-electron chi connectivity index (χ4n) is 3.75. The molecule has 0 spiro atoms. The van der Waals surface area contributed by atoms with Gasteiger partial charge in [0.1, 0.15) is 5.82 Å². The van der Waals surface area contributed by atoms with E-state index in [1.807, 2.05) is 24.0 Å². The van der Waals surface area contributed by atoms with Crippen LogP contribution in [0.15, 0.2) is 58.4 Å². The second-order valence-corrected chi connectivity index (χ2v) is 9.07. The van der Waals surface area contributed by atoms with Gasteiger partial charge < -0.3 is 9.80 Å². The van der Waals surface area contributed by atoms with Crippen molar-refractivity contribution in [3.8, 4) is 0 Å². The molecule has 2 aliphatic rings. The summed E-state index contributed by atoms with van der Waals surface area (Å²) in [7, 11) is -3.63. The molecule has 29 heavy (non-hydrogen) atoms. The van der Waals surface area contributed by atoms with E-state index in [9.17, 15) is 12.8 Å². The smallest absolute Gasteiger partial charge is 0.266 e. The molecule has 0 bridgehead atoms. The molecule has 0 radical (unpaired) electrons. The van der Waals surface area contributed by atoms with Gasteiger partial charge >= 0.3 is 0 Å². The van der Waals surface area contributed by atoms with Gasteiger partial charge in [0.25, 0.3) is 10.0 Å². The number of halogens is 1. The van der Waals surface area contributed by atoms with E-state index >= 15 is 0 Å². The number of hydrogen-bond donors (Lipinski definition) is 0. The van der Waals surface area contributed by atoms with Gasteiger partial charge in [0.15, 0.2) is 0 Å². The maximum atomic E-state index is 13.2. The van der Waals surface area contributed by atoms with Crippen LogP contribution in [0.2, 0.25) is 0 Å². The number of piperazine rings is 1. The lowest BCUT2D eigenvalue weighted by atomic mass is 10.2. The predicted octanol–water partition coefficient (Wildman–Crippen LogP) is 2.57. The normalized spacial score (nSPS) is 17.6. The van der Waals surface area contributed by atoms with E-state index in [0.29, 0.717) is 37.0 Å². The maximum absolute atomic E-state index is 13.2. The van der Waals surface area contributed by atoms with Crippen LogP contribution in [0.25, 0.3) is 0 Å². The molecule has 0 aromatic heterocycles. The standard InChI is InChI=1S/C21H25FN4O2S/c1-2-17-3-9-20(10-4-17)29(27,28)26-12-11-23-21(26)25-15-13-24(14-16-25)19-7-5-18(22)6-8-19/h3-10H,2,11-16H2,1H3. The van der Waals surface area contributed by atoms with Crippen LogP contribution in [-0.2, 0) is 16.4 Å². The Hall–Kier alpha value is -2.61. The van der Waals surface area contributed by atoms with Crippen molar-refractivity contribution in [1.29, 1.82) is 0 Å². The van der Waals surface area contributed by atoms with E-state index in [4.69, 9.17) is 0 Å². The first-order chi connectivity index (χ1) is 14.0. The fraction of sp³-hybridized carbons (Fsp3) is 0.381. The number of aryl methyl sites for hydroxylation is 1. The molecule has 2 heterocycles. The lowest BCUT2D eigenvalue weighted by Crippen LogP contribution is -2.53. The largest absolute Gasteiger partial charge is 0.368 e. The molecule has 2 aromatic rings. The van der Waals surface area contributed by atoms with Gasteiger partial charge in [-0.25, -0.2) is 17.1 Å². The average Bonchev–Trinajstić information content (AvgIpc) is 3.25. The van der Waals surface area contributed by atoms with Crippen molar-refractivity contribution in [3.63, 3.8) is 0 Å². The molecular weight excluding hydrogens is 391 g/mol. The number of nitrogens with zero attached hydrogens (tertiary/aromatic N) is 4. The Bertz CT molecular complexity index is 982. The molecule has 2 aromatic carbocycles. The van der Waals surface area contributed by atoms with Gasteiger partial charge in [-0.15, -0.1) is 0 Å². The number of anilines is 1. The molecule has 0 saturated carbocycles. The first kappa shape index (κ1) is 19.7. The van der Waals surface area contributed by atoms with Crippen molar-refractivity contribution in [1.82, 2.24) is 9.21 Å². The van der Waals surface area contributed by atoms with Crippen molar-refractivity contribution in [2.45, 2.75) is 18.2 Å². The Kier molecular flexibility index (Phi) is 5.45. The van der Waals surface area contributed by atoms with Crippen LogP contribution >= 0.6 is 0 Å². The summed E-state index contributed by atoms with van der Waals surface area (Å²) in [5.74, 6) is 0.281. The van der Waals surface area contributed by atoms with E-state index in [1.54, 1.807) is 24.3 Å². The summed E-state index contributed by atoms with van der Waals surface area (Å²) < 4.78 is 40.9. The lowest BCUT2D eigenvalue weighted by molar-refractivity contribution is 0.358. The van der Waals surface area contributed by atoms with Gasteiger partial charge in [0.05, 0.1) is 18.0 Å². The van der Waals surface area contributed by atoms with E-state index < -0.39 is 10.0 Å². The van der Waals surface area contributed by atoms with Gasteiger partial charge in [-0.3, -0.25) is 4.99 Å². The Balaban J connectivity index is 1.46. The molecule has 154 valence electrons. The van der Waals surface area contributed by atoms with Crippen molar-refractivity contribution in [2.75, 3.05) is 44.2 Å². The summed E-state index contributed by atoms with van der Waals surface area (Å²) >= 11 is 0. The van der Waals surface area contributed by atoms with Crippen molar-refractivity contribution < 1.29 is 12.8 Å². The molecular formula is C21H25FN4O2S. The highest BCUT2D eigenvalue weighted by molar-refractivity contribution is 7.89. The number of aliphatic imine (C=N–C) groups is 1. The minimum Gasteiger partial charge on any atom is -0.368 e. The fourth-order valence-corrected chi connectivity index (χ4v) is 5.19. The zero-order valence-corrected chi connectivity index (χ0v) is 17.3. The van der Waals surface area contributed by atoms with Crippen molar-refractivity contribution in [3.05, 3.63) is 59.9 Å². The Morgan fingerprint density at radius 1 is 0.897 bits per heavy atom. The van der Waals surface area contributed by atoms with Crippen LogP contribution in [0.3, 0.4) is 0 Å². The quantitative estimate of drug-likeness (QED) is 0.769. The predicted molar refractivity (Wildman–Crippen MR) is 112 cm³/mol. The highest BCUT2D eigenvalue weighted by Crippen LogP contribution is 2.23. The average molecular weight is 417 g/mol. The minimum absolute atomic E-state index is 0.250. The van der Waals surface area contributed by atoms with Crippen molar-refractivity contribution in [2.24, 2.45) is 4.99 Å². The van der Waals surface area contributed by atoms with Crippen molar-refractivity contribution >= 4 is 21.7 Å². The molecule has 1 fully saturated rings. The second kappa shape index (κ2) is 8.02. The minimum atomic E-state index is -3.63. The van der Waals surface area contributed by atoms with E-state index in [2.05, 4.69) is 9.89 Å². The summed E-state index contributed by atoms with van der Waals surface area (Å²) in [6, 6.07) is 13.5. The van der Waals surface area contributed by atoms with Crippen LogP contribution in [0.5, 0.6) is 0 Å². The summed E-state index contributed by atoms with van der Waals surface area (Å²) in [6.07, 6.45) is 0.870. The number of rotatable bonds is 4. The number of benzene rings is 2. The third kappa shape index (κ3) is 3.94. The zero-order chi connectivity index (χ0) is 20.4. The molecule has 0 amide bonds. The second-order valence-electron chi connectivity index (χ2n) is 7.21. The number of guanidine groups is 1.